The molecule has 1 aromatic carbocycles. The quantitative estimate of drug-likeness (QED) is 0.526. The second-order valence-corrected chi connectivity index (χ2v) is 8.24. The number of benzene rings is 1. The number of amides is 2. The standard InChI is InChI=1S/C22H31N5O4/c1-17-8-7-9-18(14-17)24(2)20(15-27(30)31)23-19-10-3-4-13-26(22(19)29)16-21(28)25-11-5-6-12-25/h7-9,14-15,19,23H,3-6,10-13,16H2,1-2H3/t19-/m0/s1. The van der Waals surface area contributed by atoms with Crippen molar-refractivity contribution in [2.45, 2.75) is 45.1 Å². The summed E-state index contributed by atoms with van der Waals surface area (Å²) in [6, 6.07) is 7.00. The fourth-order valence-corrected chi connectivity index (χ4v) is 4.10. The van der Waals surface area contributed by atoms with Crippen LogP contribution in [-0.2, 0) is 9.59 Å². The number of nitro groups is 1. The minimum Gasteiger partial charge on any atom is -0.355 e. The molecule has 0 aromatic heterocycles. The van der Waals surface area contributed by atoms with Crippen molar-refractivity contribution in [3.05, 3.63) is 52.0 Å². The molecule has 168 valence electrons. The van der Waals surface area contributed by atoms with Crippen molar-refractivity contribution in [1.82, 2.24) is 15.1 Å². The molecule has 0 saturated carbocycles. The summed E-state index contributed by atoms with van der Waals surface area (Å²) in [6.45, 7) is 4.04. The van der Waals surface area contributed by atoms with E-state index in [1.54, 1.807) is 16.8 Å². The van der Waals surface area contributed by atoms with Gasteiger partial charge in [0, 0.05) is 32.4 Å². The van der Waals surface area contributed by atoms with Crippen LogP contribution < -0.4 is 10.2 Å². The van der Waals surface area contributed by atoms with Gasteiger partial charge in [0.2, 0.25) is 11.8 Å². The fourth-order valence-electron chi connectivity index (χ4n) is 4.10. The molecule has 2 aliphatic heterocycles. The smallest absolute Gasteiger partial charge is 0.274 e. The molecule has 9 heteroatoms. The third kappa shape index (κ3) is 5.96. The molecule has 2 heterocycles. The number of carbonyl (C=O) groups excluding carboxylic acids is 2. The molecule has 3 rings (SSSR count). The lowest BCUT2D eigenvalue weighted by molar-refractivity contribution is -0.403. The first-order valence-electron chi connectivity index (χ1n) is 10.8. The van der Waals surface area contributed by atoms with Crippen LogP contribution in [0.25, 0.3) is 0 Å². The molecule has 1 aromatic rings. The number of nitrogens with one attached hydrogen (secondary N) is 1. The van der Waals surface area contributed by atoms with E-state index in [-0.39, 0.29) is 24.2 Å². The predicted molar refractivity (Wildman–Crippen MR) is 118 cm³/mol. The van der Waals surface area contributed by atoms with Crippen molar-refractivity contribution in [2.75, 3.05) is 38.1 Å². The van der Waals surface area contributed by atoms with Crippen molar-refractivity contribution >= 4 is 17.5 Å². The van der Waals surface area contributed by atoms with Crippen molar-refractivity contribution in [2.24, 2.45) is 0 Å². The van der Waals surface area contributed by atoms with Crippen LogP contribution in [0.15, 0.2) is 36.3 Å². The van der Waals surface area contributed by atoms with Gasteiger partial charge in [-0.25, -0.2) is 0 Å². The number of hydrogen-bond acceptors (Lipinski definition) is 6. The molecular weight excluding hydrogens is 398 g/mol. The van der Waals surface area contributed by atoms with Gasteiger partial charge >= 0.3 is 0 Å². The van der Waals surface area contributed by atoms with Crippen molar-refractivity contribution in [3.63, 3.8) is 0 Å². The van der Waals surface area contributed by atoms with Gasteiger partial charge in [0.1, 0.15) is 6.04 Å². The summed E-state index contributed by atoms with van der Waals surface area (Å²) in [5, 5.41) is 14.4. The van der Waals surface area contributed by atoms with E-state index in [9.17, 15) is 19.7 Å². The molecule has 2 aliphatic rings. The Kier molecular flexibility index (Phi) is 7.49. The topological polar surface area (TPSA) is 99.0 Å². The number of rotatable bonds is 7. The highest BCUT2D eigenvalue weighted by Crippen LogP contribution is 2.20. The first-order chi connectivity index (χ1) is 14.8. The van der Waals surface area contributed by atoms with E-state index in [0.29, 0.717) is 13.0 Å². The molecule has 0 aliphatic carbocycles. The summed E-state index contributed by atoms with van der Waals surface area (Å²) in [6.07, 6.45) is 5.06. The maximum atomic E-state index is 13.2. The summed E-state index contributed by atoms with van der Waals surface area (Å²) >= 11 is 0. The van der Waals surface area contributed by atoms with E-state index in [1.807, 2.05) is 36.1 Å². The first kappa shape index (κ1) is 22.6. The molecule has 2 amide bonds. The van der Waals surface area contributed by atoms with Crippen LogP contribution in [0.3, 0.4) is 0 Å². The summed E-state index contributed by atoms with van der Waals surface area (Å²) in [4.78, 5) is 41.6. The van der Waals surface area contributed by atoms with Gasteiger partial charge in [-0.15, -0.1) is 0 Å². The first-order valence-corrected chi connectivity index (χ1v) is 10.8. The lowest BCUT2D eigenvalue weighted by Gasteiger charge is -2.29. The monoisotopic (exact) mass is 429 g/mol. The van der Waals surface area contributed by atoms with E-state index in [2.05, 4.69) is 5.32 Å². The zero-order valence-corrected chi connectivity index (χ0v) is 18.2. The van der Waals surface area contributed by atoms with Crippen molar-refractivity contribution in [3.8, 4) is 0 Å². The average molecular weight is 430 g/mol. The highest BCUT2D eigenvalue weighted by Gasteiger charge is 2.31. The highest BCUT2D eigenvalue weighted by molar-refractivity contribution is 5.88. The second-order valence-electron chi connectivity index (χ2n) is 8.24. The number of anilines is 1. The number of likely N-dealkylation sites (tertiary alicyclic amines) is 2. The Bertz CT molecular complexity index is 850. The van der Waals surface area contributed by atoms with Crippen LogP contribution in [0, 0.1) is 17.0 Å². The number of hydrogen-bond donors (Lipinski definition) is 1. The van der Waals surface area contributed by atoms with Crippen LogP contribution in [0.5, 0.6) is 0 Å². The van der Waals surface area contributed by atoms with Gasteiger partial charge < -0.3 is 20.0 Å². The summed E-state index contributed by atoms with van der Waals surface area (Å²) < 4.78 is 0. The summed E-state index contributed by atoms with van der Waals surface area (Å²) in [7, 11) is 1.73. The maximum Gasteiger partial charge on any atom is 0.274 e. The Balaban J connectivity index is 1.75. The molecule has 1 N–H and O–H groups in total. The van der Waals surface area contributed by atoms with Gasteiger partial charge in [-0.2, -0.15) is 0 Å². The minimum atomic E-state index is -0.618. The average Bonchev–Trinajstić information content (AvgIpc) is 3.22. The molecule has 31 heavy (non-hydrogen) atoms. The summed E-state index contributed by atoms with van der Waals surface area (Å²) in [5.74, 6) is 0.0306. The van der Waals surface area contributed by atoms with E-state index in [1.165, 1.54) is 0 Å². The molecular formula is C22H31N5O4. The molecule has 9 nitrogen and oxygen atoms in total. The fraction of sp³-hybridized carbons (Fsp3) is 0.545. The largest absolute Gasteiger partial charge is 0.355 e. The Morgan fingerprint density at radius 2 is 1.97 bits per heavy atom. The van der Waals surface area contributed by atoms with Crippen molar-refractivity contribution in [1.29, 1.82) is 0 Å². The molecule has 0 bridgehead atoms. The maximum absolute atomic E-state index is 13.2. The third-order valence-corrected chi connectivity index (χ3v) is 5.87. The summed E-state index contributed by atoms with van der Waals surface area (Å²) in [5.41, 5.74) is 1.81. The lowest BCUT2D eigenvalue weighted by atomic mass is 10.1. The normalized spacial score (nSPS) is 19.9. The number of aryl methyl sites for hydroxylation is 1. The van der Waals surface area contributed by atoms with E-state index < -0.39 is 11.0 Å². The van der Waals surface area contributed by atoms with E-state index in [4.69, 9.17) is 0 Å². The Hall–Kier alpha value is -3.10. The molecule has 2 fully saturated rings. The highest BCUT2D eigenvalue weighted by atomic mass is 16.6. The van der Waals surface area contributed by atoms with Crippen LogP contribution >= 0.6 is 0 Å². The zero-order valence-electron chi connectivity index (χ0n) is 18.2. The van der Waals surface area contributed by atoms with E-state index in [0.717, 1.165) is 56.2 Å². The predicted octanol–water partition coefficient (Wildman–Crippen LogP) is 2.10. The SMILES string of the molecule is Cc1cccc(N(C)C(=C[N+](=O)[O-])N[C@H]2CCCCN(CC(=O)N3CCCC3)C2=O)c1. The number of nitrogens with zero attached hydrogens (tertiary/aromatic N) is 4. The Labute approximate surface area is 182 Å². The van der Waals surface area contributed by atoms with Gasteiger partial charge in [0.25, 0.3) is 6.20 Å². The van der Waals surface area contributed by atoms with Crippen LogP contribution in [-0.4, -0.2) is 65.8 Å². The van der Waals surface area contributed by atoms with Gasteiger partial charge in [0.05, 0.1) is 11.5 Å². The lowest BCUT2D eigenvalue weighted by Crippen LogP contribution is -2.50. The van der Waals surface area contributed by atoms with Gasteiger partial charge in [0.15, 0.2) is 5.82 Å². The molecule has 0 spiro atoms. The molecule has 2 saturated heterocycles. The molecule has 0 radical (unpaired) electrons. The van der Waals surface area contributed by atoms with Crippen LogP contribution in [0.4, 0.5) is 5.69 Å². The van der Waals surface area contributed by atoms with E-state index >= 15 is 0 Å². The number of carbonyl (C=O) groups is 2. The van der Waals surface area contributed by atoms with Gasteiger partial charge in [-0.1, -0.05) is 12.1 Å². The minimum absolute atomic E-state index is 0.0237. The Morgan fingerprint density at radius 1 is 1.26 bits per heavy atom. The van der Waals surface area contributed by atoms with Crippen molar-refractivity contribution < 1.29 is 14.5 Å². The zero-order chi connectivity index (χ0) is 22.4. The Morgan fingerprint density at radius 3 is 2.65 bits per heavy atom. The van der Waals surface area contributed by atoms with Gasteiger partial charge in [-0.3, -0.25) is 19.7 Å². The third-order valence-electron chi connectivity index (χ3n) is 5.87. The second kappa shape index (κ2) is 10.3. The van der Waals surface area contributed by atoms with Crippen LogP contribution in [0.1, 0.15) is 37.7 Å². The molecule has 1 atom stereocenters. The van der Waals surface area contributed by atoms with Crippen LogP contribution in [0.2, 0.25) is 0 Å². The molecule has 0 unspecified atom stereocenters. The van der Waals surface area contributed by atoms with Gasteiger partial charge in [-0.05, 0) is 56.7 Å².